The minimum atomic E-state index is -0.630. The SMILES string of the molecule is Cc1cnc(C(=O)N2CC[C@@H](N3C(=O)COC3=O)C2)cn1. The molecule has 2 fully saturated rings. The maximum atomic E-state index is 12.3. The molecule has 1 atom stereocenters. The van der Waals surface area contributed by atoms with Gasteiger partial charge in [0.2, 0.25) is 0 Å². The largest absolute Gasteiger partial charge is 0.439 e. The van der Waals surface area contributed by atoms with E-state index in [2.05, 4.69) is 9.97 Å². The van der Waals surface area contributed by atoms with Crippen molar-refractivity contribution in [2.24, 2.45) is 0 Å². The lowest BCUT2D eigenvalue weighted by molar-refractivity contribution is -0.127. The van der Waals surface area contributed by atoms with Gasteiger partial charge in [-0.25, -0.2) is 14.7 Å². The van der Waals surface area contributed by atoms with Gasteiger partial charge in [0.05, 0.1) is 17.9 Å². The van der Waals surface area contributed by atoms with Crippen LogP contribution in [0.15, 0.2) is 12.4 Å². The van der Waals surface area contributed by atoms with Crippen molar-refractivity contribution in [3.8, 4) is 0 Å². The van der Waals surface area contributed by atoms with E-state index in [1.165, 1.54) is 12.4 Å². The second-order valence-electron chi connectivity index (χ2n) is 5.06. The van der Waals surface area contributed by atoms with Gasteiger partial charge in [-0.05, 0) is 13.3 Å². The highest BCUT2D eigenvalue weighted by atomic mass is 16.6. The smallest absolute Gasteiger partial charge is 0.417 e. The molecule has 1 aromatic rings. The highest BCUT2D eigenvalue weighted by Gasteiger charge is 2.41. The summed E-state index contributed by atoms with van der Waals surface area (Å²) in [6, 6.07) is -0.324. The van der Waals surface area contributed by atoms with Gasteiger partial charge in [-0.1, -0.05) is 0 Å². The fourth-order valence-corrected chi connectivity index (χ4v) is 2.52. The van der Waals surface area contributed by atoms with Crippen molar-refractivity contribution in [3.63, 3.8) is 0 Å². The molecule has 2 saturated heterocycles. The summed E-state index contributed by atoms with van der Waals surface area (Å²) in [5.74, 6) is -0.598. The van der Waals surface area contributed by atoms with E-state index >= 15 is 0 Å². The van der Waals surface area contributed by atoms with Gasteiger partial charge in [0.1, 0.15) is 5.69 Å². The summed E-state index contributed by atoms with van der Waals surface area (Å²) in [5.41, 5.74) is 0.993. The zero-order chi connectivity index (χ0) is 15.0. The number of nitrogens with zero attached hydrogens (tertiary/aromatic N) is 4. The van der Waals surface area contributed by atoms with E-state index in [-0.39, 0.29) is 30.2 Å². The number of ether oxygens (including phenoxy) is 1. The Hall–Kier alpha value is -2.51. The molecule has 0 aliphatic carbocycles. The Labute approximate surface area is 120 Å². The van der Waals surface area contributed by atoms with Crippen LogP contribution in [0.2, 0.25) is 0 Å². The summed E-state index contributed by atoms with van der Waals surface area (Å²) < 4.78 is 4.70. The number of hydrogen-bond acceptors (Lipinski definition) is 6. The van der Waals surface area contributed by atoms with Crippen LogP contribution in [0, 0.1) is 6.92 Å². The van der Waals surface area contributed by atoms with E-state index in [9.17, 15) is 14.4 Å². The second kappa shape index (κ2) is 5.12. The van der Waals surface area contributed by atoms with Crippen LogP contribution in [-0.4, -0.2) is 63.4 Å². The van der Waals surface area contributed by atoms with Gasteiger partial charge in [0.25, 0.3) is 11.8 Å². The standard InChI is InChI=1S/C13H14N4O4/c1-8-4-15-10(5-14-8)12(19)16-3-2-9(6-16)17-11(18)7-21-13(17)20/h4-5,9H,2-3,6-7H2,1H3/t9-/m1/s1. The minimum absolute atomic E-state index is 0.216. The number of amides is 3. The van der Waals surface area contributed by atoms with Gasteiger partial charge in [-0.15, -0.1) is 0 Å². The van der Waals surface area contributed by atoms with Crippen LogP contribution in [0.25, 0.3) is 0 Å². The molecule has 0 radical (unpaired) electrons. The van der Waals surface area contributed by atoms with Crippen LogP contribution in [0.1, 0.15) is 22.6 Å². The molecule has 0 bridgehead atoms. The molecule has 8 heteroatoms. The van der Waals surface area contributed by atoms with Crippen LogP contribution >= 0.6 is 0 Å². The van der Waals surface area contributed by atoms with Gasteiger partial charge in [-0.2, -0.15) is 0 Å². The first-order chi connectivity index (χ1) is 10.1. The van der Waals surface area contributed by atoms with Crippen LogP contribution in [0.3, 0.4) is 0 Å². The molecule has 2 aliphatic heterocycles. The summed E-state index contributed by atoms with van der Waals surface area (Å²) in [4.78, 5) is 46.2. The number of aryl methyl sites for hydroxylation is 1. The fourth-order valence-electron chi connectivity index (χ4n) is 2.52. The van der Waals surface area contributed by atoms with E-state index in [4.69, 9.17) is 4.74 Å². The van der Waals surface area contributed by atoms with E-state index in [0.717, 1.165) is 10.6 Å². The summed E-state index contributed by atoms with van der Waals surface area (Å²) in [7, 11) is 0. The zero-order valence-corrected chi connectivity index (χ0v) is 11.5. The average molecular weight is 290 g/mol. The molecular formula is C13H14N4O4. The molecule has 21 heavy (non-hydrogen) atoms. The number of aromatic nitrogens is 2. The number of cyclic esters (lactones) is 1. The summed E-state index contributed by atoms with van der Waals surface area (Å²) in [6.45, 7) is 2.34. The monoisotopic (exact) mass is 290 g/mol. The minimum Gasteiger partial charge on any atom is -0.439 e. The Balaban J connectivity index is 1.69. The molecule has 1 aromatic heterocycles. The van der Waals surface area contributed by atoms with Crippen molar-refractivity contribution >= 4 is 17.9 Å². The van der Waals surface area contributed by atoms with Gasteiger partial charge in [0.15, 0.2) is 6.61 Å². The van der Waals surface area contributed by atoms with Gasteiger partial charge in [0, 0.05) is 19.3 Å². The van der Waals surface area contributed by atoms with Gasteiger partial charge < -0.3 is 9.64 Å². The molecule has 0 spiro atoms. The quantitative estimate of drug-likeness (QED) is 0.760. The number of carbonyl (C=O) groups excluding carboxylic acids is 3. The van der Waals surface area contributed by atoms with E-state index in [1.54, 1.807) is 11.8 Å². The second-order valence-corrected chi connectivity index (χ2v) is 5.06. The predicted octanol–water partition coefficient (Wildman–Crippen LogP) is -0.0217. The number of likely N-dealkylation sites (tertiary alicyclic amines) is 1. The number of carbonyl (C=O) groups is 3. The van der Waals surface area contributed by atoms with E-state index in [1.807, 2.05) is 0 Å². The zero-order valence-electron chi connectivity index (χ0n) is 11.5. The van der Waals surface area contributed by atoms with E-state index in [0.29, 0.717) is 19.5 Å². The Morgan fingerprint density at radius 3 is 2.76 bits per heavy atom. The third-order valence-electron chi connectivity index (χ3n) is 3.60. The highest BCUT2D eigenvalue weighted by molar-refractivity contribution is 5.98. The molecule has 0 unspecified atom stereocenters. The van der Waals surface area contributed by atoms with Crippen molar-refractivity contribution in [2.75, 3.05) is 19.7 Å². The van der Waals surface area contributed by atoms with Crippen LogP contribution in [0.4, 0.5) is 4.79 Å². The van der Waals surface area contributed by atoms with Crippen molar-refractivity contribution in [1.29, 1.82) is 0 Å². The Morgan fingerprint density at radius 1 is 1.33 bits per heavy atom. The summed E-state index contributed by atoms with van der Waals surface area (Å²) in [5, 5.41) is 0. The normalized spacial score (nSPS) is 21.9. The molecule has 0 N–H and O–H groups in total. The molecule has 3 rings (SSSR count). The van der Waals surface area contributed by atoms with Gasteiger partial charge >= 0.3 is 6.09 Å². The first-order valence-corrected chi connectivity index (χ1v) is 6.63. The molecule has 0 saturated carbocycles. The summed E-state index contributed by atoms with van der Waals surface area (Å²) in [6.07, 6.45) is 2.88. The lowest BCUT2D eigenvalue weighted by Gasteiger charge is -2.20. The first kappa shape index (κ1) is 13.5. The van der Waals surface area contributed by atoms with Crippen molar-refractivity contribution in [3.05, 3.63) is 23.8 Å². The van der Waals surface area contributed by atoms with Crippen LogP contribution in [0.5, 0.6) is 0 Å². The number of hydrogen-bond donors (Lipinski definition) is 0. The molecule has 8 nitrogen and oxygen atoms in total. The predicted molar refractivity (Wildman–Crippen MR) is 69.3 cm³/mol. The third-order valence-corrected chi connectivity index (χ3v) is 3.60. The third kappa shape index (κ3) is 2.44. The topological polar surface area (TPSA) is 92.7 Å². The van der Waals surface area contributed by atoms with Crippen molar-refractivity contribution < 1.29 is 19.1 Å². The first-order valence-electron chi connectivity index (χ1n) is 6.63. The Kier molecular flexibility index (Phi) is 3.28. The molecule has 110 valence electrons. The lowest BCUT2D eigenvalue weighted by atomic mass is 10.2. The molecular weight excluding hydrogens is 276 g/mol. The average Bonchev–Trinajstić information content (AvgIpc) is 3.06. The van der Waals surface area contributed by atoms with Crippen molar-refractivity contribution in [2.45, 2.75) is 19.4 Å². The van der Waals surface area contributed by atoms with E-state index < -0.39 is 6.09 Å². The molecule has 3 heterocycles. The molecule has 0 aromatic carbocycles. The van der Waals surface area contributed by atoms with Crippen LogP contribution < -0.4 is 0 Å². The highest BCUT2D eigenvalue weighted by Crippen LogP contribution is 2.21. The van der Waals surface area contributed by atoms with Crippen molar-refractivity contribution in [1.82, 2.24) is 19.8 Å². The maximum Gasteiger partial charge on any atom is 0.417 e. The molecule has 3 amide bonds. The van der Waals surface area contributed by atoms with Crippen LogP contribution in [-0.2, 0) is 9.53 Å². The Morgan fingerprint density at radius 2 is 2.14 bits per heavy atom. The molecule has 2 aliphatic rings. The van der Waals surface area contributed by atoms with Gasteiger partial charge in [-0.3, -0.25) is 14.6 Å². The fraction of sp³-hybridized carbons (Fsp3) is 0.462. The Bertz CT molecular complexity index is 585. The number of rotatable bonds is 2. The number of imide groups is 1. The lowest BCUT2D eigenvalue weighted by Crippen LogP contribution is -2.42. The maximum absolute atomic E-state index is 12.3. The summed E-state index contributed by atoms with van der Waals surface area (Å²) >= 11 is 0.